The van der Waals surface area contributed by atoms with E-state index in [2.05, 4.69) is 10.2 Å². The van der Waals surface area contributed by atoms with E-state index in [0.29, 0.717) is 13.1 Å². The van der Waals surface area contributed by atoms with Gasteiger partial charge in [-0.05, 0) is 25.7 Å². The summed E-state index contributed by atoms with van der Waals surface area (Å²) in [6.07, 6.45) is 5.73. The average Bonchev–Trinajstić information content (AvgIpc) is 2.51. The molecule has 0 aromatic carbocycles. The Morgan fingerprint density at radius 2 is 1.95 bits per heavy atom. The third-order valence-electron chi connectivity index (χ3n) is 5.34. The number of carbonyl (C=O) groups excluding carboxylic acids is 2. The Morgan fingerprint density at radius 1 is 1.23 bits per heavy atom. The van der Waals surface area contributed by atoms with Crippen LogP contribution >= 0.6 is 0 Å². The second-order valence-electron chi connectivity index (χ2n) is 7.04. The summed E-state index contributed by atoms with van der Waals surface area (Å²) in [6.45, 7) is 4.64. The van der Waals surface area contributed by atoms with Crippen LogP contribution in [0.15, 0.2) is 0 Å². The maximum absolute atomic E-state index is 12.4. The molecule has 2 amide bonds. The molecule has 2 N–H and O–H groups in total. The summed E-state index contributed by atoms with van der Waals surface area (Å²) in [5.41, 5.74) is 0. The van der Waals surface area contributed by atoms with Crippen molar-refractivity contribution in [1.29, 1.82) is 0 Å². The highest BCUT2D eigenvalue weighted by atomic mass is 16.3. The van der Waals surface area contributed by atoms with Crippen molar-refractivity contribution >= 4 is 11.8 Å². The lowest BCUT2D eigenvalue weighted by Gasteiger charge is -2.46. The highest BCUT2D eigenvalue weighted by Crippen LogP contribution is 2.26. The molecule has 0 unspecified atom stereocenters. The van der Waals surface area contributed by atoms with Crippen molar-refractivity contribution in [2.24, 2.45) is 5.92 Å². The number of aliphatic hydroxyl groups excluding tert-OH is 1. The largest absolute Gasteiger partial charge is 0.391 e. The molecule has 6 heteroatoms. The van der Waals surface area contributed by atoms with Crippen molar-refractivity contribution in [2.75, 3.05) is 26.2 Å². The molecule has 0 aromatic heterocycles. The quantitative estimate of drug-likeness (QED) is 0.767. The van der Waals surface area contributed by atoms with Crippen molar-refractivity contribution in [2.45, 2.75) is 57.2 Å². The Bertz CT molecular complexity index is 434. The highest BCUT2D eigenvalue weighted by molar-refractivity contribution is 5.97. The van der Waals surface area contributed by atoms with Gasteiger partial charge in [0, 0.05) is 26.2 Å². The molecule has 124 valence electrons. The van der Waals surface area contributed by atoms with Crippen LogP contribution in [0.2, 0.25) is 0 Å². The molecule has 2 saturated heterocycles. The maximum atomic E-state index is 12.4. The Labute approximate surface area is 131 Å². The Kier molecular flexibility index (Phi) is 4.68. The maximum Gasteiger partial charge on any atom is 0.248 e. The van der Waals surface area contributed by atoms with Gasteiger partial charge in [0.1, 0.15) is 12.1 Å². The molecule has 1 aliphatic carbocycles. The molecule has 3 aliphatic rings. The Morgan fingerprint density at radius 3 is 2.64 bits per heavy atom. The first-order chi connectivity index (χ1) is 10.6. The molecule has 3 rings (SSSR count). The van der Waals surface area contributed by atoms with Crippen molar-refractivity contribution in [3.05, 3.63) is 0 Å². The molecule has 0 spiro atoms. The molecular weight excluding hydrogens is 282 g/mol. The highest BCUT2D eigenvalue weighted by Gasteiger charge is 2.44. The van der Waals surface area contributed by atoms with E-state index in [9.17, 15) is 14.7 Å². The monoisotopic (exact) mass is 309 g/mol. The van der Waals surface area contributed by atoms with E-state index in [-0.39, 0.29) is 17.9 Å². The molecule has 1 saturated carbocycles. The summed E-state index contributed by atoms with van der Waals surface area (Å²) in [4.78, 5) is 28.7. The third kappa shape index (κ3) is 3.13. The molecule has 6 nitrogen and oxygen atoms in total. The summed E-state index contributed by atoms with van der Waals surface area (Å²) < 4.78 is 0. The van der Waals surface area contributed by atoms with Crippen LogP contribution in [-0.2, 0) is 9.59 Å². The molecule has 0 aromatic rings. The minimum Gasteiger partial charge on any atom is -0.391 e. The number of hydrogen-bond acceptors (Lipinski definition) is 4. The lowest BCUT2D eigenvalue weighted by molar-refractivity contribution is -0.156. The number of nitrogens with one attached hydrogen (secondary N) is 1. The second kappa shape index (κ2) is 6.54. The zero-order chi connectivity index (χ0) is 15.7. The second-order valence-corrected chi connectivity index (χ2v) is 7.04. The van der Waals surface area contributed by atoms with Gasteiger partial charge in [-0.1, -0.05) is 19.3 Å². The third-order valence-corrected chi connectivity index (χ3v) is 5.34. The van der Waals surface area contributed by atoms with E-state index in [0.717, 1.165) is 19.0 Å². The molecule has 2 aliphatic heterocycles. The standard InChI is InChI=1S/C16H27N3O3/c1-11(20)14-16(22)19-8-7-18(10-13(19)15(21)17-14)9-12-5-3-2-4-6-12/h11-14,20H,2-10H2,1H3,(H,17,21)/t11-,13-,14+/m1/s1. The predicted molar refractivity (Wildman–Crippen MR) is 82.1 cm³/mol. The van der Waals surface area contributed by atoms with Crippen LogP contribution in [-0.4, -0.2) is 71.1 Å². The number of amides is 2. The van der Waals surface area contributed by atoms with Crippen LogP contribution in [0, 0.1) is 5.92 Å². The number of nitrogens with zero attached hydrogens (tertiary/aromatic N) is 2. The van der Waals surface area contributed by atoms with Crippen molar-refractivity contribution in [1.82, 2.24) is 15.1 Å². The minimum absolute atomic E-state index is 0.126. The van der Waals surface area contributed by atoms with Gasteiger partial charge in [0.05, 0.1) is 6.10 Å². The van der Waals surface area contributed by atoms with Gasteiger partial charge in [-0.25, -0.2) is 0 Å². The van der Waals surface area contributed by atoms with Gasteiger partial charge in [0.25, 0.3) is 0 Å². The number of carbonyl (C=O) groups is 2. The van der Waals surface area contributed by atoms with Crippen LogP contribution in [0.4, 0.5) is 0 Å². The summed E-state index contributed by atoms with van der Waals surface area (Å²) in [7, 11) is 0. The van der Waals surface area contributed by atoms with Crippen molar-refractivity contribution in [3.8, 4) is 0 Å². The van der Waals surface area contributed by atoms with Crippen LogP contribution in [0.25, 0.3) is 0 Å². The Balaban J connectivity index is 1.61. The van der Waals surface area contributed by atoms with Crippen LogP contribution in [0.1, 0.15) is 39.0 Å². The number of rotatable bonds is 3. The number of piperazine rings is 2. The topological polar surface area (TPSA) is 72.9 Å². The van der Waals surface area contributed by atoms with E-state index >= 15 is 0 Å². The fraction of sp³-hybridized carbons (Fsp3) is 0.875. The van der Waals surface area contributed by atoms with Crippen molar-refractivity contribution < 1.29 is 14.7 Å². The van der Waals surface area contributed by atoms with Gasteiger partial charge < -0.3 is 15.3 Å². The number of aliphatic hydroxyl groups is 1. The van der Waals surface area contributed by atoms with Gasteiger partial charge in [-0.15, -0.1) is 0 Å². The fourth-order valence-electron chi connectivity index (χ4n) is 4.05. The first-order valence-electron chi connectivity index (χ1n) is 8.57. The van der Waals surface area contributed by atoms with E-state index < -0.39 is 12.1 Å². The van der Waals surface area contributed by atoms with Gasteiger partial charge in [-0.2, -0.15) is 0 Å². The molecule has 0 bridgehead atoms. The molecule has 3 fully saturated rings. The molecular formula is C16H27N3O3. The number of fused-ring (bicyclic) bond motifs is 1. The first-order valence-corrected chi connectivity index (χ1v) is 8.57. The van der Waals surface area contributed by atoms with Crippen LogP contribution in [0.5, 0.6) is 0 Å². The molecule has 22 heavy (non-hydrogen) atoms. The molecule has 0 radical (unpaired) electrons. The zero-order valence-corrected chi connectivity index (χ0v) is 13.3. The van der Waals surface area contributed by atoms with E-state index in [1.165, 1.54) is 32.1 Å². The van der Waals surface area contributed by atoms with E-state index in [4.69, 9.17) is 0 Å². The zero-order valence-electron chi connectivity index (χ0n) is 13.3. The SMILES string of the molecule is C[C@@H](O)[C@@H]1NC(=O)[C@H]2CN(CC3CCCCC3)CCN2C1=O. The van der Waals surface area contributed by atoms with Gasteiger partial charge in [0.15, 0.2) is 0 Å². The van der Waals surface area contributed by atoms with E-state index in [1.807, 2.05) is 0 Å². The molecule has 2 heterocycles. The average molecular weight is 309 g/mol. The normalized spacial score (nSPS) is 32.5. The van der Waals surface area contributed by atoms with Crippen LogP contribution in [0.3, 0.4) is 0 Å². The smallest absolute Gasteiger partial charge is 0.248 e. The lowest BCUT2D eigenvalue weighted by Crippen LogP contribution is -2.71. The molecule has 3 atom stereocenters. The van der Waals surface area contributed by atoms with Gasteiger partial charge >= 0.3 is 0 Å². The van der Waals surface area contributed by atoms with Crippen molar-refractivity contribution in [3.63, 3.8) is 0 Å². The number of hydrogen-bond donors (Lipinski definition) is 2. The minimum atomic E-state index is -0.849. The summed E-state index contributed by atoms with van der Waals surface area (Å²) in [6, 6.07) is -1.17. The first kappa shape index (κ1) is 15.7. The fourth-order valence-corrected chi connectivity index (χ4v) is 4.05. The summed E-state index contributed by atoms with van der Waals surface area (Å²) in [5.74, 6) is 0.476. The van der Waals surface area contributed by atoms with Crippen LogP contribution < -0.4 is 5.32 Å². The summed E-state index contributed by atoms with van der Waals surface area (Å²) in [5, 5.41) is 12.3. The Hall–Kier alpha value is -1.14. The predicted octanol–water partition coefficient (Wildman–Crippen LogP) is -0.0413. The summed E-state index contributed by atoms with van der Waals surface area (Å²) >= 11 is 0. The van der Waals surface area contributed by atoms with E-state index in [1.54, 1.807) is 11.8 Å². The lowest BCUT2D eigenvalue weighted by atomic mass is 9.88. The van der Waals surface area contributed by atoms with Gasteiger partial charge in [0.2, 0.25) is 11.8 Å². The van der Waals surface area contributed by atoms with Gasteiger partial charge in [-0.3, -0.25) is 14.5 Å².